The number of allylic oxidation sites excluding steroid dienone is 1. The smallest absolute Gasteiger partial charge is 0.275 e. The van der Waals surface area contributed by atoms with Crippen LogP contribution in [0.1, 0.15) is 39.5 Å². The van der Waals surface area contributed by atoms with Crippen molar-refractivity contribution in [2.75, 3.05) is 24.5 Å². The third-order valence-electron chi connectivity index (χ3n) is 5.92. The van der Waals surface area contributed by atoms with E-state index in [9.17, 15) is 13.0 Å². The minimum absolute atomic E-state index is 0.194. The summed E-state index contributed by atoms with van der Waals surface area (Å²) in [6, 6.07) is 15.4. The molecule has 0 radical (unpaired) electrons. The fraction of sp³-hybridized carbons (Fsp3) is 0.400. The number of hydrogen-bond donors (Lipinski definition) is 1. The summed E-state index contributed by atoms with van der Waals surface area (Å²) in [5.41, 5.74) is 2.62. The number of nitrogens with zero attached hydrogens (tertiary/aromatic N) is 3. The van der Waals surface area contributed by atoms with Gasteiger partial charge in [-0.3, -0.25) is 4.55 Å². The summed E-state index contributed by atoms with van der Waals surface area (Å²) in [6.45, 7) is 5.80. The Labute approximate surface area is 196 Å². The summed E-state index contributed by atoms with van der Waals surface area (Å²) in [4.78, 5) is 8.74. The molecule has 0 aliphatic carbocycles. The minimum atomic E-state index is -4.37. The predicted octanol–water partition coefficient (Wildman–Crippen LogP) is 5.39. The van der Waals surface area contributed by atoms with Gasteiger partial charge in [-0.05, 0) is 49.6 Å². The standard InChI is InChI=1S/C25H31N3O4S/c1-3-9-19-14-17-27(16-4-2)25(26-19)24(33(29,30)31)15-18-28-20-10-5-7-12-22(20)32-23-13-8-6-11-21(23)28/h5-8,10-14,24H,3-4,9,15-18H2,1-2H3,(H,29,30,31). The Balaban J connectivity index is 1.67. The Morgan fingerprint density at radius 1 is 1.00 bits per heavy atom. The largest absolute Gasteiger partial charge is 0.453 e. The lowest BCUT2D eigenvalue weighted by molar-refractivity contribution is 0.426. The lowest BCUT2D eigenvalue weighted by atomic mass is 10.1. The number of para-hydroxylation sites is 4. The van der Waals surface area contributed by atoms with Gasteiger partial charge in [0.25, 0.3) is 10.1 Å². The monoisotopic (exact) mass is 469 g/mol. The number of hydrogen-bond acceptors (Lipinski definition) is 6. The SMILES string of the molecule is CCCC1=CCN(CCC)C(C(CCN2c3ccccc3Oc3ccccc32)S(=O)(=O)O)=N1. The molecule has 0 amide bonds. The Morgan fingerprint density at radius 2 is 1.64 bits per heavy atom. The first kappa shape index (κ1) is 23.3. The number of fused-ring (bicyclic) bond motifs is 2. The van der Waals surface area contributed by atoms with Crippen molar-refractivity contribution in [1.29, 1.82) is 0 Å². The second-order valence-corrected chi connectivity index (χ2v) is 9.94. The van der Waals surface area contributed by atoms with Crippen molar-refractivity contribution in [2.45, 2.75) is 44.8 Å². The molecule has 0 aromatic heterocycles. The van der Waals surface area contributed by atoms with Gasteiger partial charge in [0.1, 0.15) is 11.1 Å². The zero-order chi connectivity index (χ0) is 23.4. The van der Waals surface area contributed by atoms with E-state index in [1.54, 1.807) is 0 Å². The van der Waals surface area contributed by atoms with Gasteiger partial charge in [0.2, 0.25) is 0 Å². The first-order valence-electron chi connectivity index (χ1n) is 11.5. The molecule has 2 heterocycles. The minimum Gasteiger partial charge on any atom is -0.453 e. The van der Waals surface area contributed by atoms with Gasteiger partial charge in [-0.15, -0.1) is 0 Å². The zero-order valence-corrected chi connectivity index (χ0v) is 20.0. The molecule has 7 nitrogen and oxygen atoms in total. The molecule has 176 valence electrons. The molecule has 0 saturated carbocycles. The molecule has 0 bridgehead atoms. The van der Waals surface area contributed by atoms with E-state index in [1.807, 2.05) is 60.4 Å². The third kappa shape index (κ3) is 5.07. The van der Waals surface area contributed by atoms with Crippen molar-refractivity contribution < 1.29 is 17.7 Å². The van der Waals surface area contributed by atoms with E-state index in [0.717, 1.165) is 47.8 Å². The van der Waals surface area contributed by atoms with Crippen LogP contribution < -0.4 is 9.64 Å². The molecule has 2 aromatic rings. The number of ether oxygens (including phenoxy) is 1. The highest BCUT2D eigenvalue weighted by atomic mass is 32.2. The molecule has 8 heteroatoms. The van der Waals surface area contributed by atoms with E-state index >= 15 is 0 Å². The van der Waals surface area contributed by atoms with Crippen LogP contribution in [0.5, 0.6) is 11.5 Å². The molecule has 1 unspecified atom stereocenters. The van der Waals surface area contributed by atoms with Gasteiger partial charge in [0, 0.05) is 25.3 Å². The number of amidine groups is 1. The molecular weight excluding hydrogens is 438 g/mol. The van der Waals surface area contributed by atoms with Gasteiger partial charge < -0.3 is 14.5 Å². The summed E-state index contributed by atoms with van der Waals surface area (Å²) in [5.74, 6) is 1.88. The van der Waals surface area contributed by atoms with Crippen LogP contribution >= 0.6 is 0 Å². The molecule has 0 spiro atoms. The fourth-order valence-corrected chi connectivity index (χ4v) is 5.29. The van der Waals surface area contributed by atoms with E-state index in [2.05, 4.69) is 17.9 Å². The van der Waals surface area contributed by atoms with Crippen molar-refractivity contribution in [3.05, 3.63) is 60.3 Å². The molecule has 0 saturated heterocycles. The highest BCUT2D eigenvalue weighted by Crippen LogP contribution is 2.46. The number of rotatable bonds is 9. The average molecular weight is 470 g/mol. The Morgan fingerprint density at radius 3 is 2.21 bits per heavy atom. The highest BCUT2D eigenvalue weighted by Gasteiger charge is 2.35. The van der Waals surface area contributed by atoms with Gasteiger partial charge >= 0.3 is 0 Å². The molecule has 2 aliphatic heterocycles. The van der Waals surface area contributed by atoms with Crippen molar-refractivity contribution in [3.8, 4) is 11.5 Å². The van der Waals surface area contributed by atoms with Crippen molar-refractivity contribution in [1.82, 2.24) is 4.90 Å². The summed E-state index contributed by atoms with van der Waals surface area (Å²) >= 11 is 0. The molecule has 1 atom stereocenters. The van der Waals surface area contributed by atoms with Crippen LogP contribution in [0.2, 0.25) is 0 Å². The number of benzene rings is 2. The van der Waals surface area contributed by atoms with Crippen molar-refractivity contribution in [3.63, 3.8) is 0 Å². The van der Waals surface area contributed by atoms with Crippen LogP contribution in [-0.2, 0) is 10.1 Å². The van der Waals surface area contributed by atoms with Gasteiger partial charge in [-0.25, -0.2) is 4.99 Å². The maximum absolute atomic E-state index is 12.6. The second-order valence-electron chi connectivity index (χ2n) is 8.34. The number of aliphatic imine (C=N–C) groups is 1. The molecular formula is C25H31N3O4S. The quantitative estimate of drug-likeness (QED) is 0.496. The fourth-order valence-electron chi connectivity index (χ4n) is 4.42. The van der Waals surface area contributed by atoms with Crippen LogP contribution in [0.3, 0.4) is 0 Å². The number of anilines is 2. The van der Waals surface area contributed by atoms with Crippen LogP contribution in [0.4, 0.5) is 11.4 Å². The molecule has 0 fully saturated rings. The van der Waals surface area contributed by atoms with Crippen molar-refractivity contribution in [2.24, 2.45) is 4.99 Å². The van der Waals surface area contributed by atoms with E-state index in [-0.39, 0.29) is 6.42 Å². The van der Waals surface area contributed by atoms with Crippen LogP contribution in [0.25, 0.3) is 0 Å². The van der Waals surface area contributed by atoms with E-state index in [1.165, 1.54) is 0 Å². The van der Waals surface area contributed by atoms with Crippen LogP contribution in [0, 0.1) is 0 Å². The highest BCUT2D eigenvalue weighted by molar-refractivity contribution is 7.87. The normalized spacial score (nSPS) is 16.3. The molecule has 2 aromatic carbocycles. The van der Waals surface area contributed by atoms with E-state index in [4.69, 9.17) is 9.73 Å². The maximum Gasteiger partial charge on any atom is 0.275 e. The van der Waals surface area contributed by atoms with Gasteiger partial charge in [0.05, 0.1) is 11.4 Å². The predicted molar refractivity (Wildman–Crippen MR) is 132 cm³/mol. The molecule has 4 rings (SSSR count). The van der Waals surface area contributed by atoms with Crippen molar-refractivity contribution >= 4 is 27.3 Å². The first-order valence-corrected chi connectivity index (χ1v) is 13.0. The van der Waals surface area contributed by atoms with E-state index in [0.29, 0.717) is 25.5 Å². The topological polar surface area (TPSA) is 82.4 Å². The Bertz CT molecular complexity index is 1110. The van der Waals surface area contributed by atoms with Crippen LogP contribution in [-0.4, -0.2) is 48.6 Å². The summed E-state index contributed by atoms with van der Waals surface area (Å²) in [5, 5.41) is -1.10. The summed E-state index contributed by atoms with van der Waals surface area (Å²) in [6.07, 6.45) is 4.82. The van der Waals surface area contributed by atoms with Gasteiger partial charge in [-0.2, -0.15) is 8.42 Å². The molecule has 33 heavy (non-hydrogen) atoms. The summed E-state index contributed by atoms with van der Waals surface area (Å²) in [7, 11) is -4.37. The van der Waals surface area contributed by atoms with E-state index < -0.39 is 15.4 Å². The van der Waals surface area contributed by atoms with Gasteiger partial charge in [0.15, 0.2) is 11.5 Å². The Kier molecular flexibility index (Phi) is 7.05. The average Bonchev–Trinajstić information content (AvgIpc) is 2.79. The first-order chi connectivity index (χ1) is 15.9. The lowest BCUT2D eigenvalue weighted by Crippen LogP contribution is -2.46. The Hall–Kier alpha value is -2.84. The van der Waals surface area contributed by atoms with Gasteiger partial charge in [-0.1, -0.05) is 44.5 Å². The lowest BCUT2D eigenvalue weighted by Gasteiger charge is -2.35. The molecule has 1 N–H and O–H groups in total. The zero-order valence-electron chi connectivity index (χ0n) is 19.1. The second kappa shape index (κ2) is 9.97. The van der Waals surface area contributed by atoms with Crippen LogP contribution in [0.15, 0.2) is 65.3 Å². The maximum atomic E-state index is 12.6. The third-order valence-corrected chi connectivity index (χ3v) is 7.09. The summed E-state index contributed by atoms with van der Waals surface area (Å²) < 4.78 is 41.5. The molecule has 2 aliphatic rings.